The van der Waals surface area contributed by atoms with Crippen molar-refractivity contribution in [2.45, 2.75) is 23.7 Å². The third-order valence-corrected chi connectivity index (χ3v) is 6.12. The largest absolute Gasteiger partial charge is 0.489 e. The minimum absolute atomic E-state index is 0.0795. The molecule has 3 N–H and O–H groups in total. The number of thioether (sulfide) groups is 1. The molecule has 4 rings (SSSR count). The van der Waals surface area contributed by atoms with E-state index in [0.29, 0.717) is 33.5 Å². The third kappa shape index (κ3) is 6.06. The zero-order valence-electron chi connectivity index (χ0n) is 18.7. The molecule has 0 fully saturated rings. The van der Waals surface area contributed by atoms with Crippen molar-refractivity contribution in [1.29, 1.82) is 5.26 Å². The maximum absolute atomic E-state index is 12.7. The fraction of sp³-hybridized carbons (Fsp3) is 0.115. The maximum atomic E-state index is 12.7. The van der Waals surface area contributed by atoms with E-state index in [4.69, 9.17) is 10.5 Å². The molecule has 0 spiro atoms. The fourth-order valence-electron chi connectivity index (χ4n) is 3.26. The van der Waals surface area contributed by atoms with Gasteiger partial charge in [0.15, 0.2) is 5.16 Å². The van der Waals surface area contributed by atoms with E-state index in [0.717, 1.165) is 17.7 Å². The van der Waals surface area contributed by atoms with Gasteiger partial charge in [-0.05, 0) is 59.7 Å². The van der Waals surface area contributed by atoms with Gasteiger partial charge in [0.2, 0.25) is 0 Å². The van der Waals surface area contributed by atoms with Crippen LogP contribution in [-0.2, 0) is 18.5 Å². The lowest BCUT2D eigenvalue weighted by Crippen LogP contribution is -2.14. The van der Waals surface area contributed by atoms with E-state index in [1.807, 2.05) is 18.2 Å². The minimum Gasteiger partial charge on any atom is -0.489 e. The van der Waals surface area contributed by atoms with Crippen LogP contribution >= 0.6 is 11.8 Å². The van der Waals surface area contributed by atoms with Crippen LogP contribution in [0.1, 0.15) is 22.3 Å². The number of nitrogens with zero attached hydrogens (tertiary/aromatic N) is 2. The lowest BCUT2D eigenvalue weighted by Gasteiger charge is -2.10. The van der Waals surface area contributed by atoms with Crippen molar-refractivity contribution >= 4 is 17.4 Å². The standard InChI is InChI=1S/C26H19F3N4O2S/c27-26(28,29)19-7-1-16(2-8-19)14-35-21-11-5-18(6-12-21)23-22(13-30)24(34)33-25(32-23)36-15-17-3-9-20(31)10-4-17/h1-12H,14-15,31H2,(H,32,33,34). The molecule has 10 heteroatoms. The summed E-state index contributed by atoms with van der Waals surface area (Å²) < 4.78 is 43.8. The molecule has 182 valence electrons. The average Bonchev–Trinajstić information content (AvgIpc) is 2.87. The van der Waals surface area contributed by atoms with Crippen LogP contribution in [0.5, 0.6) is 5.75 Å². The zero-order chi connectivity index (χ0) is 25.7. The molecule has 1 heterocycles. The molecule has 0 saturated carbocycles. The van der Waals surface area contributed by atoms with E-state index in [1.165, 1.54) is 23.9 Å². The fourth-order valence-corrected chi connectivity index (χ4v) is 4.08. The van der Waals surface area contributed by atoms with Crippen molar-refractivity contribution in [3.63, 3.8) is 0 Å². The van der Waals surface area contributed by atoms with Crippen LogP contribution in [0.15, 0.2) is 82.7 Å². The van der Waals surface area contributed by atoms with Crippen molar-refractivity contribution in [1.82, 2.24) is 9.97 Å². The molecule has 3 aromatic carbocycles. The topological polar surface area (TPSA) is 105 Å². The average molecular weight is 509 g/mol. The Kier molecular flexibility index (Phi) is 7.31. The Morgan fingerprint density at radius 1 is 0.972 bits per heavy atom. The van der Waals surface area contributed by atoms with Crippen LogP contribution in [0.4, 0.5) is 18.9 Å². The molecule has 1 aromatic heterocycles. The monoisotopic (exact) mass is 508 g/mol. The van der Waals surface area contributed by atoms with Gasteiger partial charge in [0.1, 0.15) is 24.0 Å². The number of ether oxygens (including phenoxy) is 1. The molecule has 0 aliphatic heterocycles. The Morgan fingerprint density at radius 2 is 1.61 bits per heavy atom. The van der Waals surface area contributed by atoms with Crippen molar-refractivity contribution in [3.8, 4) is 23.1 Å². The number of alkyl halides is 3. The number of halogens is 3. The van der Waals surface area contributed by atoms with Crippen LogP contribution in [0.2, 0.25) is 0 Å². The summed E-state index contributed by atoms with van der Waals surface area (Å²) in [6.45, 7) is 0.0795. The first-order valence-electron chi connectivity index (χ1n) is 10.6. The highest BCUT2D eigenvalue weighted by Crippen LogP contribution is 2.30. The summed E-state index contributed by atoms with van der Waals surface area (Å²) in [5, 5.41) is 9.87. The summed E-state index contributed by atoms with van der Waals surface area (Å²) in [5.41, 5.74) is 7.37. The van der Waals surface area contributed by atoms with Gasteiger partial charge in [0, 0.05) is 17.0 Å². The second-order valence-electron chi connectivity index (χ2n) is 7.74. The van der Waals surface area contributed by atoms with Gasteiger partial charge in [0.25, 0.3) is 5.56 Å². The smallest absolute Gasteiger partial charge is 0.416 e. The van der Waals surface area contributed by atoms with Crippen molar-refractivity contribution in [2.24, 2.45) is 0 Å². The quantitative estimate of drug-likeness (QED) is 0.186. The minimum atomic E-state index is -4.39. The number of hydrogen-bond acceptors (Lipinski definition) is 6. The lowest BCUT2D eigenvalue weighted by molar-refractivity contribution is -0.137. The Hall–Kier alpha value is -4.23. The summed E-state index contributed by atoms with van der Waals surface area (Å²) >= 11 is 1.32. The highest BCUT2D eigenvalue weighted by Gasteiger charge is 2.29. The summed E-state index contributed by atoms with van der Waals surface area (Å²) in [5.74, 6) is 1.02. The Morgan fingerprint density at radius 3 is 2.22 bits per heavy atom. The van der Waals surface area contributed by atoms with Crippen LogP contribution < -0.4 is 16.0 Å². The number of aromatic nitrogens is 2. The van der Waals surface area contributed by atoms with E-state index >= 15 is 0 Å². The molecule has 36 heavy (non-hydrogen) atoms. The normalized spacial score (nSPS) is 11.2. The molecule has 0 saturated heterocycles. The highest BCUT2D eigenvalue weighted by molar-refractivity contribution is 7.98. The molecule has 4 aromatic rings. The van der Waals surface area contributed by atoms with Gasteiger partial charge in [0.05, 0.1) is 11.3 Å². The van der Waals surface area contributed by atoms with E-state index in [1.54, 1.807) is 36.4 Å². The second kappa shape index (κ2) is 10.6. The van der Waals surface area contributed by atoms with Crippen LogP contribution in [0.25, 0.3) is 11.3 Å². The van der Waals surface area contributed by atoms with Gasteiger partial charge in [-0.1, -0.05) is 36.0 Å². The molecule has 0 bridgehead atoms. The number of nitriles is 1. The molecule has 0 aliphatic carbocycles. The number of benzene rings is 3. The predicted octanol–water partition coefficient (Wildman–Crippen LogP) is 5.78. The van der Waals surface area contributed by atoms with E-state index in [-0.39, 0.29) is 17.9 Å². The Balaban J connectivity index is 1.48. The molecule has 0 aliphatic rings. The van der Waals surface area contributed by atoms with E-state index < -0.39 is 17.3 Å². The maximum Gasteiger partial charge on any atom is 0.416 e. The van der Waals surface area contributed by atoms with Crippen molar-refractivity contribution in [3.05, 3.63) is 105 Å². The summed E-state index contributed by atoms with van der Waals surface area (Å²) in [4.78, 5) is 19.6. The second-order valence-corrected chi connectivity index (χ2v) is 8.71. The first-order valence-corrected chi connectivity index (χ1v) is 11.6. The summed E-state index contributed by atoms with van der Waals surface area (Å²) in [6.07, 6.45) is -4.39. The summed E-state index contributed by atoms with van der Waals surface area (Å²) in [6, 6.07) is 20.6. The number of nitrogens with two attached hydrogens (primary N) is 1. The van der Waals surface area contributed by atoms with E-state index in [2.05, 4.69) is 9.97 Å². The molecule has 0 unspecified atom stereocenters. The number of nitrogens with one attached hydrogen (secondary N) is 1. The number of nitrogen functional groups attached to an aromatic ring is 1. The van der Waals surface area contributed by atoms with Crippen LogP contribution in [0, 0.1) is 11.3 Å². The first kappa shape index (κ1) is 24.9. The highest BCUT2D eigenvalue weighted by atomic mass is 32.2. The van der Waals surface area contributed by atoms with Gasteiger partial charge < -0.3 is 15.5 Å². The Bertz CT molecular complexity index is 1440. The van der Waals surface area contributed by atoms with Crippen molar-refractivity contribution < 1.29 is 17.9 Å². The molecule has 6 nitrogen and oxygen atoms in total. The number of anilines is 1. The van der Waals surface area contributed by atoms with Gasteiger partial charge in [-0.2, -0.15) is 18.4 Å². The van der Waals surface area contributed by atoms with Crippen LogP contribution in [0.3, 0.4) is 0 Å². The number of H-pyrrole nitrogens is 1. The number of aromatic amines is 1. The first-order chi connectivity index (χ1) is 17.2. The third-order valence-electron chi connectivity index (χ3n) is 5.18. The number of rotatable bonds is 7. The van der Waals surface area contributed by atoms with E-state index in [9.17, 15) is 23.2 Å². The van der Waals surface area contributed by atoms with Gasteiger partial charge in [-0.15, -0.1) is 0 Å². The lowest BCUT2D eigenvalue weighted by atomic mass is 10.1. The molecule has 0 amide bonds. The summed E-state index contributed by atoms with van der Waals surface area (Å²) in [7, 11) is 0. The molecule has 0 radical (unpaired) electrons. The van der Waals surface area contributed by atoms with Crippen molar-refractivity contribution in [2.75, 3.05) is 5.73 Å². The van der Waals surface area contributed by atoms with Gasteiger partial charge in [-0.3, -0.25) is 4.79 Å². The number of hydrogen-bond donors (Lipinski definition) is 2. The van der Waals surface area contributed by atoms with Gasteiger partial charge in [-0.25, -0.2) is 4.98 Å². The molecular weight excluding hydrogens is 489 g/mol. The molecule has 0 atom stereocenters. The SMILES string of the molecule is N#Cc1c(-c2ccc(OCc3ccc(C(F)(F)F)cc3)cc2)nc(SCc2ccc(N)cc2)[nH]c1=O. The van der Waals surface area contributed by atoms with Gasteiger partial charge >= 0.3 is 6.18 Å². The Labute approximate surface area is 208 Å². The molecular formula is C26H19F3N4O2S. The van der Waals surface area contributed by atoms with Crippen LogP contribution in [-0.4, -0.2) is 9.97 Å². The zero-order valence-corrected chi connectivity index (χ0v) is 19.5. The predicted molar refractivity (Wildman–Crippen MR) is 131 cm³/mol.